The lowest BCUT2D eigenvalue weighted by atomic mass is 9.94. The van der Waals surface area contributed by atoms with Crippen LogP contribution in [-0.4, -0.2) is 63.4 Å². The minimum Gasteiger partial charge on any atom is -0.444 e. The van der Waals surface area contributed by atoms with E-state index in [1.54, 1.807) is 15.8 Å². The van der Waals surface area contributed by atoms with E-state index in [0.29, 0.717) is 31.7 Å². The van der Waals surface area contributed by atoms with E-state index in [4.69, 9.17) is 4.74 Å². The fourth-order valence-electron chi connectivity index (χ4n) is 5.71. The summed E-state index contributed by atoms with van der Waals surface area (Å²) in [5.41, 5.74) is 5.65. The fourth-order valence-corrected chi connectivity index (χ4v) is 5.71. The number of anilines is 1. The SMILES string of the molecule is Cc1ccc(N2CCN(C(=O)OC(C)(C)C)CC2)cc1C(=O)NC1(c2cc(-c3cnn(C)c3)cc3ncccc23)CC1. The van der Waals surface area contributed by atoms with Gasteiger partial charge in [-0.2, -0.15) is 5.10 Å². The summed E-state index contributed by atoms with van der Waals surface area (Å²) in [6.45, 7) is 10.1. The van der Waals surface area contributed by atoms with Crippen molar-refractivity contribution in [1.82, 2.24) is 25.0 Å². The summed E-state index contributed by atoms with van der Waals surface area (Å²) >= 11 is 0. The van der Waals surface area contributed by atoms with E-state index in [1.807, 2.05) is 65.3 Å². The molecule has 2 aliphatic rings. The molecule has 9 nitrogen and oxygen atoms in total. The van der Waals surface area contributed by atoms with Gasteiger partial charge in [-0.15, -0.1) is 0 Å². The summed E-state index contributed by atoms with van der Waals surface area (Å²) in [4.78, 5) is 35.0. The van der Waals surface area contributed by atoms with Gasteiger partial charge in [0.1, 0.15) is 5.60 Å². The molecule has 4 aromatic rings. The van der Waals surface area contributed by atoms with Crippen LogP contribution in [0.4, 0.5) is 10.5 Å². The molecule has 0 unspecified atom stereocenters. The number of ether oxygens (including phenoxy) is 1. The standard InChI is InChI=1S/C33H38N6O3/c1-22-8-9-25(38-13-15-39(16-14-38)31(41)42-32(2,3)4)19-27(22)30(40)36-33(10-11-33)28-17-23(24-20-35-37(5)21-24)18-29-26(28)7-6-12-34-29/h6-9,12,17-21H,10-11,13-16H2,1-5H3,(H,36,40). The summed E-state index contributed by atoms with van der Waals surface area (Å²) in [5.74, 6) is -0.0805. The number of hydrogen-bond donors (Lipinski definition) is 1. The van der Waals surface area contributed by atoms with Gasteiger partial charge in [0, 0.05) is 67.8 Å². The van der Waals surface area contributed by atoms with Crippen molar-refractivity contribution in [3.63, 3.8) is 0 Å². The molecular weight excluding hydrogens is 528 g/mol. The molecule has 1 saturated carbocycles. The number of carbonyl (C=O) groups excluding carboxylic acids is 2. The van der Waals surface area contributed by atoms with Gasteiger partial charge in [0.25, 0.3) is 5.91 Å². The molecule has 3 heterocycles. The van der Waals surface area contributed by atoms with E-state index in [1.165, 1.54) is 0 Å². The maximum absolute atomic E-state index is 13.9. The largest absolute Gasteiger partial charge is 0.444 e. The molecular formula is C33H38N6O3. The number of hydrogen-bond acceptors (Lipinski definition) is 6. The second kappa shape index (κ2) is 10.5. The summed E-state index contributed by atoms with van der Waals surface area (Å²) in [7, 11) is 1.91. The second-order valence-corrected chi connectivity index (χ2v) is 12.5. The van der Waals surface area contributed by atoms with Gasteiger partial charge in [0.05, 0.1) is 17.3 Å². The molecule has 0 spiro atoms. The average Bonchev–Trinajstić information content (AvgIpc) is 3.61. The van der Waals surface area contributed by atoms with Crippen LogP contribution in [0.25, 0.3) is 22.0 Å². The Morgan fingerprint density at radius 3 is 2.43 bits per heavy atom. The highest BCUT2D eigenvalue weighted by Gasteiger charge is 2.47. The molecule has 2 amide bonds. The molecule has 0 radical (unpaired) electrons. The molecule has 6 rings (SSSR count). The maximum Gasteiger partial charge on any atom is 0.410 e. The van der Waals surface area contributed by atoms with Crippen LogP contribution >= 0.6 is 0 Å². The first-order chi connectivity index (χ1) is 20.0. The zero-order valence-electron chi connectivity index (χ0n) is 25.0. The van der Waals surface area contributed by atoms with Gasteiger partial charge in [-0.05, 0) is 87.6 Å². The van der Waals surface area contributed by atoms with Gasteiger partial charge < -0.3 is 19.9 Å². The Bertz CT molecular complexity index is 1660. The molecule has 0 bridgehead atoms. The molecule has 1 N–H and O–H groups in total. The number of fused-ring (bicyclic) bond motifs is 1. The van der Waals surface area contributed by atoms with Gasteiger partial charge in [0.15, 0.2) is 0 Å². The highest BCUT2D eigenvalue weighted by atomic mass is 16.6. The van der Waals surface area contributed by atoms with E-state index < -0.39 is 11.1 Å². The summed E-state index contributed by atoms with van der Waals surface area (Å²) in [6.07, 6.45) is 7.10. The molecule has 0 atom stereocenters. The third-order valence-corrected chi connectivity index (χ3v) is 8.14. The van der Waals surface area contributed by atoms with Crippen molar-refractivity contribution >= 4 is 28.6 Å². The lowest BCUT2D eigenvalue weighted by Gasteiger charge is -2.37. The predicted octanol–water partition coefficient (Wildman–Crippen LogP) is 5.42. The van der Waals surface area contributed by atoms with Crippen LogP contribution < -0.4 is 10.2 Å². The Kier molecular flexibility index (Phi) is 6.91. The van der Waals surface area contributed by atoms with Gasteiger partial charge in [0.2, 0.25) is 0 Å². The topological polar surface area (TPSA) is 92.6 Å². The number of pyridine rings is 1. The minimum atomic E-state index is -0.519. The number of aromatic nitrogens is 3. The van der Waals surface area contributed by atoms with Crippen molar-refractivity contribution in [2.45, 2.75) is 51.7 Å². The Morgan fingerprint density at radius 2 is 1.76 bits per heavy atom. The highest BCUT2D eigenvalue weighted by Crippen LogP contribution is 2.49. The smallest absolute Gasteiger partial charge is 0.410 e. The average molecular weight is 567 g/mol. The summed E-state index contributed by atoms with van der Waals surface area (Å²) < 4.78 is 7.33. The molecule has 42 heavy (non-hydrogen) atoms. The number of aryl methyl sites for hydroxylation is 2. The van der Waals surface area contributed by atoms with Crippen LogP contribution in [0.5, 0.6) is 0 Å². The second-order valence-electron chi connectivity index (χ2n) is 12.5. The van der Waals surface area contributed by atoms with Gasteiger partial charge in [-0.25, -0.2) is 4.79 Å². The van der Waals surface area contributed by atoms with Crippen LogP contribution in [0, 0.1) is 6.92 Å². The monoisotopic (exact) mass is 566 g/mol. The third kappa shape index (κ3) is 5.55. The number of amides is 2. The van der Waals surface area contributed by atoms with Gasteiger partial charge in [-0.3, -0.25) is 14.5 Å². The normalized spacial score (nSPS) is 16.4. The van der Waals surface area contributed by atoms with Crippen molar-refractivity contribution in [2.24, 2.45) is 7.05 Å². The van der Waals surface area contributed by atoms with E-state index in [0.717, 1.165) is 51.7 Å². The van der Waals surface area contributed by atoms with Crippen molar-refractivity contribution in [3.8, 4) is 11.1 Å². The fraction of sp³-hybridized carbons (Fsp3) is 0.394. The zero-order chi connectivity index (χ0) is 29.6. The van der Waals surface area contributed by atoms with E-state index in [9.17, 15) is 9.59 Å². The van der Waals surface area contributed by atoms with Crippen molar-refractivity contribution in [2.75, 3.05) is 31.1 Å². The number of rotatable bonds is 5. The molecule has 2 aromatic heterocycles. The lowest BCUT2D eigenvalue weighted by Crippen LogP contribution is -2.50. The quantitative estimate of drug-likeness (QED) is 0.347. The first-order valence-electron chi connectivity index (χ1n) is 14.6. The zero-order valence-corrected chi connectivity index (χ0v) is 25.0. The van der Waals surface area contributed by atoms with Gasteiger partial charge >= 0.3 is 6.09 Å². The summed E-state index contributed by atoms with van der Waals surface area (Å²) in [5, 5.41) is 8.82. The lowest BCUT2D eigenvalue weighted by molar-refractivity contribution is 0.0240. The maximum atomic E-state index is 13.9. The van der Waals surface area contributed by atoms with Crippen LogP contribution in [0.2, 0.25) is 0 Å². The van der Waals surface area contributed by atoms with Crippen LogP contribution in [0.3, 0.4) is 0 Å². The Morgan fingerprint density at radius 1 is 1.00 bits per heavy atom. The summed E-state index contributed by atoms with van der Waals surface area (Å²) in [6, 6.07) is 14.3. The van der Waals surface area contributed by atoms with Crippen molar-refractivity contribution < 1.29 is 14.3 Å². The van der Waals surface area contributed by atoms with Crippen LogP contribution in [-0.2, 0) is 17.3 Å². The number of nitrogens with one attached hydrogen (secondary N) is 1. The van der Waals surface area contributed by atoms with Crippen LogP contribution in [0.1, 0.15) is 55.1 Å². The molecule has 1 aliphatic carbocycles. The first kappa shape index (κ1) is 27.8. The van der Waals surface area contributed by atoms with Crippen molar-refractivity contribution in [3.05, 3.63) is 77.7 Å². The van der Waals surface area contributed by atoms with E-state index in [-0.39, 0.29) is 12.0 Å². The molecule has 2 aromatic carbocycles. The first-order valence-corrected chi connectivity index (χ1v) is 14.6. The Hall–Kier alpha value is -4.40. The molecule has 9 heteroatoms. The highest BCUT2D eigenvalue weighted by molar-refractivity contribution is 5.98. The van der Waals surface area contributed by atoms with Gasteiger partial charge in [-0.1, -0.05) is 12.1 Å². The molecule has 1 saturated heterocycles. The predicted molar refractivity (Wildman–Crippen MR) is 164 cm³/mol. The minimum absolute atomic E-state index is 0.0805. The number of nitrogens with zero attached hydrogens (tertiary/aromatic N) is 5. The molecule has 2 fully saturated rings. The van der Waals surface area contributed by atoms with Crippen molar-refractivity contribution in [1.29, 1.82) is 0 Å². The number of piperazine rings is 1. The van der Waals surface area contributed by atoms with E-state index >= 15 is 0 Å². The van der Waals surface area contributed by atoms with E-state index in [2.05, 4.69) is 44.6 Å². The number of benzene rings is 2. The molecule has 218 valence electrons. The Balaban J connectivity index is 1.23. The Labute approximate surface area is 246 Å². The third-order valence-electron chi connectivity index (χ3n) is 8.14. The van der Waals surface area contributed by atoms with Crippen LogP contribution in [0.15, 0.2) is 61.1 Å². The number of carbonyl (C=O) groups is 2. The molecule has 1 aliphatic heterocycles.